The molecule has 4 heteroatoms. The van der Waals surface area contributed by atoms with E-state index < -0.39 is 0 Å². The second kappa shape index (κ2) is 3.08. The topological polar surface area (TPSA) is 44.0 Å². The number of nitrogens with zero attached hydrogens (tertiary/aromatic N) is 2. The minimum atomic E-state index is -0.127. The van der Waals surface area contributed by atoms with Crippen molar-refractivity contribution in [1.82, 2.24) is 9.13 Å². The molecular formula is C11H12N2O2. The third-order valence-corrected chi connectivity index (χ3v) is 2.63. The van der Waals surface area contributed by atoms with Crippen LogP contribution in [0.25, 0.3) is 10.9 Å². The van der Waals surface area contributed by atoms with Gasteiger partial charge in [-0.15, -0.1) is 0 Å². The molecule has 0 aliphatic carbocycles. The van der Waals surface area contributed by atoms with E-state index in [1.165, 1.54) is 4.57 Å². The average Bonchev–Trinajstić information content (AvgIpc) is 2.52. The number of aryl methyl sites for hydroxylation is 3. The van der Waals surface area contributed by atoms with E-state index in [9.17, 15) is 9.59 Å². The van der Waals surface area contributed by atoms with Gasteiger partial charge < -0.3 is 9.13 Å². The van der Waals surface area contributed by atoms with Crippen molar-refractivity contribution in [1.29, 1.82) is 0 Å². The molecule has 0 aliphatic rings. The van der Waals surface area contributed by atoms with E-state index >= 15 is 0 Å². The molecule has 78 valence electrons. The first kappa shape index (κ1) is 9.71. The number of rotatable bonds is 1. The molecule has 0 aliphatic heterocycles. The summed E-state index contributed by atoms with van der Waals surface area (Å²) in [6, 6.07) is 0. The van der Waals surface area contributed by atoms with Gasteiger partial charge in [0.2, 0.25) is 0 Å². The smallest absolute Gasteiger partial charge is 0.260 e. The summed E-state index contributed by atoms with van der Waals surface area (Å²) in [6.45, 7) is 1.93. The van der Waals surface area contributed by atoms with Crippen LogP contribution in [0.1, 0.15) is 15.9 Å². The van der Waals surface area contributed by atoms with Gasteiger partial charge in [-0.2, -0.15) is 0 Å². The highest BCUT2D eigenvalue weighted by atomic mass is 16.1. The molecule has 0 radical (unpaired) electrons. The Morgan fingerprint density at radius 2 is 1.87 bits per heavy atom. The molecule has 15 heavy (non-hydrogen) atoms. The zero-order valence-electron chi connectivity index (χ0n) is 8.94. The normalized spacial score (nSPS) is 10.9. The van der Waals surface area contributed by atoms with Gasteiger partial charge in [-0.3, -0.25) is 9.59 Å². The summed E-state index contributed by atoms with van der Waals surface area (Å²) in [5.41, 5.74) is 2.15. The van der Waals surface area contributed by atoms with Crippen molar-refractivity contribution in [2.24, 2.45) is 14.1 Å². The summed E-state index contributed by atoms with van der Waals surface area (Å²) in [5.74, 6) is 0. The maximum atomic E-state index is 11.9. The fourth-order valence-corrected chi connectivity index (χ4v) is 2.03. The van der Waals surface area contributed by atoms with Gasteiger partial charge in [-0.25, -0.2) is 0 Å². The first-order valence-electron chi connectivity index (χ1n) is 4.66. The van der Waals surface area contributed by atoms with E-state index in [4.69, 9.17) is 0 Å². The lowest BCUT2D eigenvalue weighted by atomic mass is 10.2. The molecule has 2 heterocycles. The van der Waals surface area contributed by atoms with E-state index in [1.807, 2.05) is 18.5 Å². The number of aromatic nitrogens is 2. The fraction of sp³-hybridized carbons (Fsp3) is 0.273. The predicted octanol–water partition coefficient (Wildman–Crippen LogP) is 0.998. The standard InChI is InChI=1S/C11H12N2O2/c1-7-4-13(3)11(15)9-8(6-14)5-12(2)10(7)9/h4-6H,1-3H3. The Bertz CT molecular complexity index is 605. The molecule has 0 saturated heterocycles. The molecule has 0 bridgehead atoms. The number of fused-ring (bicyclic) bond motifs is 1. The molecule has 4 nitrogen and oxygen atoms in total. The van der Waals surface area contributed by atoms with Crippen LogP contribution >= 0.6 is 0 Å². The van der Waals surface area contributed by atoms with Crippen LogP contribution in [-0.4, -0.2) is 15.4 Å². The van der Waals surface area contributed by atoms with Crippen molar-refractivity contribution in [2.45, 2.75) is 6.92 Å². The zero-order chi connectivity index (χ0) is 11.2. The highest BCUT2D eigenvalue weighted by molar-refractivity contribution is 5.98. The van der Waals surface area contributed by atoms with Crippen LogP contribution in [0, 0.1) is 6.92 Å². The third kappa shape index (κ3) is 1.21. The van der Waals surface area contributed by atoms with Crippen LogP contribution in [0.4, 0.5) is 0 Å². The first-order chi connectivity index (χ1) is 7.06. The van der Waals surface area contributed by atoms with Crippen LogP contribution in [-0.2, 0) is 14.1 Å². The van der Waals surface area contributed by atoms with Gasteiger partial charge in [-0.1, -0.05) is 0 Å². The molecule has 0 unspecified atom stereocenters. The summed E-state index contributed by atoms with van der Waals surface area (Å²) >= 11 is 0. The number of aldehydes is 1. The number of hydrogen-bond acceptors (Lipinski definition) is 2. The molecule has 0 atom stereocenters. The Morgan fingerprint density at radius 1 is 1.20 bits per heavy atom. The molecule has 0 fully saturated rings. The van der Waals surface area contributed by atoms with Gasteiger partial charge >= 0.3 is 0 Å². The van der Waals surface area contributed by atoms with E-state index in [0.717, 1.165) is 17.4 Å². The van der Waals surface area contributed by atoms with Crippen molar-refractivity contribution in [3.63, 3.8) is 0 Å². The molecule has 2 rings (SSSR count). The summed E-state index contributed by atoms with van der Waals surface area (Å²) in [4.78, 5) is 22.7. The average molecular weight is 204 g/mol. The Labute approximate surface area is 86.7 Å². The molecule has 0 saturated carbocycles. The molecular weight excluding hydrogens is 192 g/mol. The molecule has 2 aromatic rings. The molecule has 0 aromatic carbocycles. The Morgan fingerprint density at radius 3 is 2.47 bits per heavy atom. The third-order valence-electron chi connectivity index (χ3n) is 2.63. The Kier molecular flexibility index (Phi) is 2.00. The van der Waals surface area contributed by atoms with Gasteiger partial charge in [0.25, 0.3) is 5.56 Å². The monoisotopic (exact) mass is 204 g/mol. The van der Waals surface area contributed by atoms with Crippen LogP contribution in [0.15, 0.2) is 17.2 Å². The van der Waals surface area contributed by atoms with E-state index in [2.05, 4.69) is 0 Å². The maximum Gasteiger partial charge on any atom is 0.260 e. The number of carbonyl (C=O) groups is 1. The summed E-state index contributed by atoms with van der Waals surface area (Å²) in [6.07, 6.45) is 4.19. The summed E-state index contributed by atoms with van der Waals surface area (Å²) < 4.78 is 3.32. The fourth-order valence-electron chi connectivity index (χ4n) is 2.03. The van der Waals surface area contributed by atoms with Gasteiger partial charge in [0.1, 0.15) is 0 Å². The van der Waals surface area contributed by atoms with Gasteiger partial charge in [0, 0.05) is 32.1 Å². The minimum Gasteiger partial charge on any atom is -0.349 e. The van der Waals surface area contributed by atoms with E-state index in [0.29, 0.717) is 10.9 Å². The van der Waals surface area contributed by atoms with Crippen molar-refractivity contribution >= 4 is 17.2 Å². The van der Waals surface area contributed by atoms with Crippen LogP contribution in [0.3, 0.4) is 0 Å². The van der Waals surface area contributed by atoms with Crippen molar-refractivity contribution in [3.05, 3.63) is 33.9 Å². The molecule has 0 spiro atoms. The lowest BCUT2D eigenvalue weighted by molar-refractivity contribution is 0.112. The maximum absolute atomic E-state index is 11.9. The molecule has 0 N–H and O–H groups in total. The van der Waals surface area contributed by atoms with Crippen LogP contribution in [0.5, 0.6) is 0 Å². The predicted molar refractivity (Wildman–Crippen MR) is 58.3 cm³/mol. The highest BCUT2D eigenvalue weighted by Gasteiger charge is 2.12. The quantitative estimate of drug-likeness (QED) is 0.650. The van der Waals surface area contributed by atoms with Crippen LogP contribution < -0.4 is 5.56 Å². The minimum absolute atomic E-state index is 0.127. The number of pyridine rings is 1. The van der Waals surface area contributed by atoms with Crippen molar-refractivity contribution in [2.75, 3.05) is 0 Å². The van der Waals surface area contributed by atoms with Crippen LogP contribution in [0.2, 0.25) is 0 Å². The summed E-state index contributed by atoms with van der Waals surface area (Å²) in [7, 11) is 3.53. The van der Waals surface area contributed by atoms with Crippen molar-refractivity contribution in [3.8, 4) is 0 Å². The van der Waals surface area contributed by atoms with E-state index in [-0.39, 0.29) is 5.56 Å². The zero-order valence-corrected chi connectivity index (χ0v) is 8.94. The van der Waals surface area contributed by atoms with Gasteiger partial charge in [0.15, 0.2) is 6.29 Å². The van der Waals surface area contributed by atoms with E-state index in [1.54, 1.807) is 19.4 Å². The lowest BCUT2D eigenvalue weighted by Gasteiger charge is -2.03. The molecule has 2 aromatic heterocycles. The number of hydrogen-bond donors (Lipinski definition) is 0. The SMILES string of the molecule is Cc1cn(C)c(=O)c2c(C=O)cn(C)c12. The van der Waals surface area contributed by atoms with Gasteiger partial charge in [-0.05, 0) is 12.5 Å². The largest absolute Gasteiger partial charge is 0.349 e. The summed E-state index contributed by atoms with van der Waals surface area (Å²) in [5, 5.41) is 0.509. The second-order valence-electron chi connectivity index (χ2n) is 3.76. The lowest BCUT2D eigenvalue weighted by Crippen LogP contribution is -2.17. The highest BCUT2D eigenvalue weighted by Crippen LogP contribution is 2.18. The Hall–Kier alpha value is -1.84. The first-order valence-corrected chi connectivity index (χ1v) is 4.66. The second-order valence-corrected chi connectivity index (χ2v) is 3.76. The van der Waals surface area contributed by atoms with Crippen molar-refractivity contribution < 1.29 is 4.79 Å². The molecule has 0 amide bonds. The van der Waals surface area contributed by atoms with Gasteiger partial charge in [0.05, 0.1) is 10.9 Å². The Balaban J connectivity index is 3.12. The number of carbonyl (C=O) groups excluding carboxylic acids is 1.